The van der Waals surface area contributed by atoms with Crippen molar-refractivity contribution in [2.45, 2.75) is 65.6 Å². The Kier molecular flexibility index (Phi) is 4.87. The summed E-state index contributed by atoms with van der Waals surface area (Å²) < 4.78 is 0. The third-order valence-corrected chi connectivity index (χ3v) is 4.71. The predicted molar refractivity (Wildman–Crippen MR) is 87.3 cm³/mol. The van der Waals surface area contributed by atoms with E-state index >= 15 is 0 Å². The summed E-state index contributed by atoms with van der Waals surface area (Å²) in [5, 5.41) is 3.72. The molecular weight excluding hydrogens is 244 g/mol. The molecule has 0 radical (unpaired) electrons. The summed E-state index contributed by atoms with van der Waals surface area (Å²) in [6.07, 6.45) is 2.76. The molecule has 2 rings (SSSR count). The van der Waals surface area contributed by atoms with Crippen LogP contribution in [0.5, 0.6) is 0 Å². The average Bonchev–Trinajstić information content (AvgIpc) is 3.17. The van der Waals surface area contributed by atoms with Crippen LogP contribution < -0.4 is 5.32 Å². The van der Waals surface area contributed by atoms with E-state index in [-0.39, 0.29) is 0 Å². The number of nitrogens with zero attached hydrogens (tertiary/aromatic N) is 1. The Morgan fingerprint density at radius 1 is 1.15 bits per heavy atom. The van der Waals surface area contributed by atoms with Crippen LogP contribution in [0.25, 0.3) is 0 Å². The molecule has 20 heavy (non-hydrogen) atoms. The summed E-state index contributed by atoms with van der Waals surface area (Å²) in [6.45, 7) is 12.3. The lowest BCUT2D eigenvalue weighted by molar-refractivity contribution is 0.237. The van der Waals surface area contributed by atoms with Crippen LogP contribution in [0.2, 0.25) is 0 Å². The number of rotatable bonds is 6. The molecule has 1 aromatic rings. The zero-order valence-corrected chi connectivity index (χ0v) is 14.0. The average molecular weight is 274 g/mol. The molecule has 2 unspecified atom stereocenters. The van der Waals surface area contributed by atoms with Gasteiger partial charge < -0.3 is 5.32 Å². The van der Waals surface area contributed by atoms with Gasteiger partial charge in [0.2, 0.25) is 0 Å². The van der Waals surface area contributed by atoms with Gasteiger partial charge in [0, 0.05) is 24.7 Å². The molecule has 1 fully saturated rings. The van der Waals surface area contributed by atoms with E-state index in [0.29, 0.717) is 12.1 Å². The maximum Gasteiger partial charge on any atom is 0.0297 e. The molecule has 0 spiro atoms. The molecule has 0 heterocycles. The highest BCUT2D eigenvalue weighted by molar-refractivity contribution is 5.39. The lowest BCUT2D eigenvalue weighted by Gasteiger charge is -2.27. The highest BCUT2D eigenvalue weighted by atomic mass is 15.2. The van der Waals surface area contributed by atoms with Gasteiger partial charge in [-0.25, -0.2) is 0 Å². The molecule has 1 aliphatic rings. The van der Waals surface area contributed by atoms with E-state index < -0.39 is 0 Å². The van der Waals surface area contributed by atoms with Crippen molar-refractivity contribution in [3.63, 3.8) is 0 Å². The van der Waals surface area contributed by atoms with Gasteiger partial charge in [0.15, 0.2) is 0 Å². The Hall–Kier alpha value is -0.860. The number of hydrogen-bond donors (Lipinski definition) is 1. The van der Waals surface area contributed by atoms with E-state index in [9.17, 15) is 0 Å². The van der Waals surface area contributed by atoms with Crippen molar-refractivity contribution in [1.82, 2.24) is 10.2 Å². The molecule has 2 atom stereocenters. The molecule has 0 aliphatic heterocycles. The van der Waals surface area contributed by atoms with E-state index in [0.717, 1.165) is 12.6 Å². The summed E-state index contributed by atoms with van der Waals surface area (Å²) in [5.41, 5.74) is 5.64. The SMILES string of the molecule is Cc1cc(C)c(C(C)NCC(C)N(C)C2CC2)c(C)c1. The van der Waals surface area contributed by atoms with Crippen LogP contribution >= 0.6 is 0 Å². The first-order chi connectivity index (χ1) is 9.40. The second-order valence-electron chi connectivity index (χ2n) is 6.69. The Morgan fingerprint density at radius 2 is 1.70 bits per heavy atom. The lowest BCUT2D eigenvalue weighted by atomic mass is 9.95. The van der Waals surface area contributed by atoms with Gasteiger partial charge in [0.1, 0.15) is 0 Å². The number of likely N-dealkylation sites (N-methyl/N-ethyl adjacent to an activating group) is 1. The number of hydrogen-bond acceptors (Lipinski definition) is 2. The third kappa shape index (κ3) is 3.62. The summed E-state index contributed by atoms with van der Waals surface area (Å²) in [5.74, 6) is 0. The van der Waals surface area contributed by atoms with Gasteiger partial charge >= 0.3 is 0 Å². The van der Waals surface area contributed by atoms with E-state index in [1.54, 1.807) is 0 Å². The lowest BCUT2D eigenvalue weighted by Crippen LogP contribution is -2.40. The zero-order valence-electron chi connectivity index (χ0n) is 14.0. The highest BCUT2D eigenvalue weighted by Gasteiger charge is 2.29. The summed E-state index contributed by atoms with van der Waals surface area (Å²) in [6, 6.07) is 6.45. The molecule has 112 valence electrons. The second-order valence-corrected chi connectivity index (χ2v) is 6.69. The minimum atomic E-state index is 0.422. The molecular formula is C18H30N2. The van der Waals surface area contributed by atoms with Crippen molar-refractivity contribution >= 4 is 0 Å². The molecule has 2 heteroatoms. The molecule has 0 aromatic heterocycles. The van der Waals surface area contributed by atoms with Crippen molar-refractivity contribution < 1.29 is 0 Å². The van der Waals surface area contributed by atoms with Crippen molar-refractivity contribution in [1.29, 1.82) is 0 Å². The third-order valence-electron chi connectivity index (χ3n) is 4.71. The summed E-state index contributed by atoms with van der Waals surface area (Å²) in [7, 11) is 2.26. The molecule has 1 aliphatic carbocycles. The number of nitrogens with one attached hydrogen (secondary N) is 1. The van der Waals surface area contributed by atoms with Gasteiger partial charge in [-0.1, -0.05) is 17.7 Å². The van der Waals surface area contributed by atoms with Crippen LogP contribution in [0.15, 0.2) is 12.1 Å². The predicted octanol–water partition coefficient (Wildman–Crippen LogP) is 3.75. The van der Waals surface area contributed by atoms with E-state index in [2.05, 4.69) is 64.0 Å². The molecule has 0 amide bonds. The monoisotopic (exact) mass is 274 g/mol. The molecule has 1 N–H and O–H groups in total. The Labute approximate surface area is 124 Å². The van der Waals surface area contributed by atoms with Crippen LogP contribution in [0, 0.1) is 20.8 Å². The quantitative estimate of drug-likeness (QED) is 0.850. The maximum atomic E-state index is 3.72. The van der Waals surface area contributed by atoms with Crippen molar-refractivity contribution in [2.24, 2.45) is 0 Å². The van der Waals surface area contributed by atoms with Crippen LogP contribution in [-0.2, 0) is 0 Å². The molecule has 1 saturated carbocycles. The van der Waals surface area contributed by atoms with Crippen LogP contribution in [0.3, 0.4) is 0 Å². The van der Waals surface area contributed by atoms with Gasteiger partial charge in [-0.15, -0.1) is 0 Å². The zero-order chi connectivity index (χ0) is 14.9. The molecule has 1 aromatic carbocycles. The summed E-state index contributed by atoms with van der Waals surface area (Å²) in [4.78, 5) is 2.52. The first kappa shape index (κ1) is 15.5. The molecule has 0 saturated heterocycles. The largest absolute Gasteiger partial charge is 0.309 e. The Balaban J connectivity index is 1.96. The maximum absolute atomic E-state index is 3.72. The first-order valence-corrected chi connectivity index (χ1v) is 7.93. The van der Waals surface area contributed by atoms with Gasteiger partial charge in [0.25, 0.3) is 0 Å². The first-order valence-electron chi connectivity index (χ1n) is 7.93. The van der Waals surface area contributed by atoms with Gasteiger partial charge in [-0.3, -0.25) is 4.90 Å². The normalized spacial score (nSPS) is 18.4. The van der Waals surface area contributed by atoms with Gasteiger partial charge in [-0.2, -0.15) is 0 Å². The topological polar surface area (TPSA) is 15.3 Å². The number of aryl methyl sites for hydroxylation is 3. The fourth-order valence-electron chi connectivity index (χ4n) is 3.31. The fourth-order valence-corrected chi connectivity index (χ4v) is 3.31. The van der Waals surface area contributed by atoms with Crippen LogP contribution in [-0.4, -0.2) is 30.6 Å². The smallest absolute Gasteiger partial charge is 0.0297 e. The van der Waals surface area contributed by atoms with Gasteiger partial charge in [-0.05, 0) is 71.2 Å². The standard InChI is InChI=1S/C18H30N2/c1-12-9-13(2)18(14(3)10-12)16(5)19-11-15(4)20(6)17-7-8-17/h9-10,15-17,19H,7-8,11H2,1-6H3. The summed E-state index contributed by atoms with van der Waals surface area (Å²) >= 11 is 0. The van der Waals surface area contributed by atoms with Crippen molar-refractivity contribution in [3.05, 3.63) is 34.4 Å². The minimum Gasteiger partial charge on any atom is -0.309 e. The van der Waals surface area contributed by atoms with E-state index in [1.165, 1.54) is 35.1 Å². The van der Waals surface area contributed by atoms with Crippen LogP contribution in [0.1, 0.15) is 55.0 Å². The molecule has 0 bridgehead atoms. The fraction of sp³-hybridized carbons (Fsp3) is 0.667. The van der Waals surface area contributed by atoms with E-state index in [4.69, 9.17) is 0 Å². The Morgan fingerprint density at radius 3 is 2.20 bits per heavy atom. The van der Waals surface area contributed by atoms with Crippen LogP contribution in [0.4, 0.5) is 0 Å². The molecule has 2 nitrogen and oxygen atoms in total. The van der Waals surface area contributed by atoms with Crippen molar-refractivity contribution in [2.75, 3.05) is 13.6 Å². The van der Waals surface area contributed by atoms with Gasteiger partial charge in [0.05, 0.1) is 0 Å². The second kappa shape index (κ2) is 6.28. The minimum absolute atomic E-state index is 0.422. The van der Waals surface area contributed by atoms with E-state index in [1.807, 2.05) is 0 Å². The number of benzene rings is 1. The Bertz CT molecular complexity index is 439. The highest BCUT2D eigenvalue weighted by Crippen LogP contribution is 2.27. The van der Waals surface area contributed by atoms with Crippen molar-refractivity contribution in [3.8, 4) is 0 Å².